The van der Waals surface area contributed by atoms with Gasteiger partial charge in [0.05, 0.1) is 0 Å². The summed E-state index contributed by atoms with van der Waals surface area (Å²) in [4.78, 5) is 11.6. The Kier molecular flexibility index (Phi) is 2.55. The normalized spacial score (nSPS) is 23.9. The lowest BCUT2D eigenvalue weighted by atomic mass is 10.1. The molecule has 0 spiro atoms. The van der Waals surface area contributed by atoms with Crippen LogP contribution in [0.25, 0.3) is 0 Å². The van der Waals surface area contributed by atoms with E-state index in [0.717, 1.165) is 12.5 Å². The summed E-state index contributed by atoms with van der Waals surface area (Å²) in [5, 5.41) is 0. The van der Waals surface area contributed by atoms with E-state index in [4.69, 9.17) is 0 Å². The van der Waals surface area contributed by atoms with Crippen LogP contribution < -0.4 is 0 Å². The zero-order chi connectivity index (χ0) is 11.0. The van der Waals surface area contributed by atoms with Crippen molar-refractivity contribution in [3.05, 3.63) is 35.4 Å². The van der Waals surface area contributed by atoms with E-state index in [0.29, 0.717) is 11.5 Å². The highest BCUT2D eigenvalue weighted by Gasteiger charge is 2.38. The number of ketones is 1. The summed E-state index contributed by atoms with van der Waals surface area (Å²) < 4.78 is 25.6. The van der Waals surface area contributed by atoms with Gasteiger partial charge in [-0.3, -0.25) is 4.79 Å². The first-order valence-corrected chi connectivity index (χ1v) is 5.04. The van der Waals surface area contributed by atoms with Crippen molar-refractivity contribution >= 4 is 5.78 Å². The van der Waals surface area contributed by atoms with E-state index in [-0.39, 0.29) is 18.1 Å². The van der Waals surface area contributed by atoms with Crippen LogP contribution in [0.3, 0.4) is 0 Å². The van der Waals surface area contributed by atoms with Crippen molar-refractivity contribution in [1.29, 1.82) is 0 Å². The quantitative estimate of drug-likeness (QED) is 0.749. The number of Topliss-reactive ketones (excluding diaryl/α,β-unsaturated/α-hetero) is 1. The second-order valence-corrected chi connectivity index (χ2v) is 4.24. The largest absolute Gasteiger partial charge is 0.299 e. The smallest absolute Gasteiger partial charge is 0.140 e. The second-order valence-electron chi connectivity index (χ2n) is 4.24. The van der Waals surface area contributed by atoms with Crippen LogP contribution in [0, 0.1) is 23.5 Å². The van der Waals surface area contributed by atoms with Crippen LogP contribution in [0.5, 0.6) is 0 Å². The van der Waals surface area contributed by atoms with Gasteiger partial charge in [-0.05, 0) is 30.0 Å². The summed E-state index contributed by atoms with van der Waals surface area (Å²) in [6, 6.07) is 3.25. The van der Waals surface area contributed by atoms with Gasteiger partial charge in [-0.25, -0.2) is 8.78 Å². The fourth-order valence-corrected chi connectivity index (χ4v) is 1.82. The summed E-state index contributed by atoms with van der Waals surface area (Å²) in [5.74, 6) is -0.608. The molecular weight excluding hydrogens is 198 g/mol. The third kappa shape index (κ3) is 2.41. The minimum absolute atomic E-state index is 0.0903. The summed E-state index contributed by atoms with van der Waals surface area (Å²) in [6.07, 6.45) is 1.06. The highest BCUT2D eigenvalue weighted by atomic mass is 19.1. The molecule has 0 aliphatic heterocycles. The molecule has 1 aliphatic carbocycles. The van der Waals surface area contributed by atoms with Gasteiger partial charge in [0, 0.05) is 18.4 Å². The van der Waals surface area contributed by atoms with E-state index in [1.807, 2.05) is 6.92 Å². The summed E-state index contributed by atoms with van der Waals surface area (Å²) in [5.41, 5.74) is 0.427. The first kappa shape index (κ1) is 10.3. The lowest BCUT2D eigenvalue weighted by Crippen LogP contribution is -2.06. The Balaban J connectivity index is 2.07. The van der Waals surface area contributed by atoms with Crippen molar-refractivity contribution in [2.24, 2.45) is 11.8 Å². The molecule has 1 aromatic rings. The molecule has 0 heterocycles. The number of hydrogen-bond donors (Lipinski definition) is 0. The molecule has 0 aromatic heterocycles. The number of rotatable bonds is 3. The average molecular weight is 210 g/mol. The maximum Gasteiger partial charge on any atom is 0.140 e. The highest BCUT2D eigenvalue weighted by molar-refractivity contribution is 5.85. The van der Waals surface area contributed by atoms with E-state index in [2.05, 4.69) is 0 Å². The molecule has 1 aromatic carbocycles. The first-order chi connectivity index (χ1) is 7.06. The molecule has 15 heavy (non-hydrogen) atoms. The van der Waals surface area contributed by atoms with Gasteiger partial charge < -0.3 is 0 Å². The summed E-state index contributed by atoms with van der Waals surface area (Å²) in [7, 11) is 0. The molecule has 1 nitrogen and oxygen atoms in total. The minimum Gasteiger partial charge on any atom is -0.299 e. The van der Waals surface area contributed by atoms with Crippen LogP contribution in [0.4, 0.5) is 8.78 Å². The van der Waals surface area contributed by atoms with E-state index >= 15 is 0 Å². The molecule has 0 radical (unpaired) electrons. The van der Waals surface area contributed by atoms with Crippen molar-refractivity contribution in [2.75, 3.05) is 0 Å². The zero-order valence-corrected chi connectivity index (χ0v) is 8.47. The van der Waals surface area contributed by atoms with Crippen molar-refractivity contribution < 1.29 is 13.6 Å². The van der Waals surface area contributed by atoms with Gasteiger partial charge in [0.15, 0.2) is 0 Å². The van der Waals surface area contributed by atoms with Crippen molar-refractivity contribution in [1.82, 2.24) is 0 Å². The molecule has 80 valence electrons. The number of hydrogen-bond acceptors (Lipinski definition) is 1. The van der Waals surface area contributed by atoms with E-state index in [1.165, 1.54) is 12.1 Å². The number of carbonyl (C=O) groups excluding carboxylic acids is 1. The predicted octanol–water partition coefficient (Wildman–Crippen LogP) is 2.73. The molecule has 2 atom stereocenters. The number of benzene rings is 1. The molecule has 1 fully saturated rings. The zero-order valence-electron chi connectivity index (χ0n) is 8.47. The van der Waals surface area contributed by atoms with Gasteiger partial charge in [0.25, 0.3) is 0 Å². The van der Waals surface area contributed by atoms with Crippen LogP contribution in [-0.2, 0) is 11.2 Å². The van der Waals surface area contributed by atoms with Crippen LogP contribution in [0.15, 0.2) is 18.2 Å². The monoisotopic (exact) mass is 210 g/mol. The fraction of sp³-hybridized carbons (Fsp3) is 0.417. The molecule has 2 rings (SSSR count). The molecule has 0 amide bonds. The van der Waals surface area contributed by atoms with Crippen LogP contribution in [0.1, 0.15) is 18.9 Å². The SMILES string of the molecule is CC1CC1C(=O)Cc1cc(F)cc(F)c1. The van der Waals surface area contributed by atoms with Gasteiger partial charge in [0.2, 0.25) is 0 Å². The topological polar surface area (TPSA) is 17.1 Å². The van der Waals surface area contributed by atoms with Crippen molar-refractivity contribution in [3.8, 4) is 0 Å². The van der Waals surface area contributed by atoms with Gasteiger partial charge in [0.1, 0.15) is 17.4 Å². The third-order valence-electron chi connectivity index (χ3n) is 2.82. The second kappa shape index (κ2) is 3.72. The van der Waals surface area contributed by atoms with Crippen LogP contribution in [0.2, 0.25) is 0 Å². The van der Waals surface area contributed by atoms with Crippen LogP contribution >= 0.6 is 0 Å². The van der Waals surface area contributed by atoms with Gasteiger partial charge in [-0.2, -0.15) is 0 Å². The van der Waals surface area contributed by atoms with Crippen molar-refractivity contribution in [3.63, 3.8) is 0 Å². The Labute approximate surface area is 87.1 Å². The molecule has 2 unspecified atom stereocenters. The standard InChI is InChI=1S/C12H12F2O/c1-7-2-11(7)12(15)5-8-3-9(13)6-10(14)4-8/h3-4,6-7,11H,2,5H2,1H3. The van der Waals surface area contributed by atoms with E-state index in [1.54, 1.807) is 0 Å². The Morgan fingerprint density at radius 2 is 1.87 bits per heavy atom. The van der Waals surface area contributed by atoms with E-state index in [9.17, 15) is 13.6 Å². The van der Waals surface area contributed by atoms with Gasteiger partial charge in [-0.15, -0.1) is 0 Å². The third-order valence-corrected chi connectivity index (χ3v) is 2.82. The summed E-state index contributed by atoms with van der Waals surface area (Å²) in [6.45, 7) is 2.01. The molecule has 0 N–H and O–H groups in total. The van der Waals surface area contributed by atoms with Gasteiger partial charge in [-0.1, -0.05) is 6.92 Å². The number of halogens is 2. The molecule has 1 aliphatic rings. The Hall–Kier alpha value is -1.25. The van der Waals surface area contributed by atoms with E-state index < -0.39 is 11.6 Å². The fourth-order valence-electron chi connectivity index (χ4n) is 1.82. The maximum atomic E-state index is 12.8. The summed E-state index contributed by atoms with van der Waals surface area (Å²) >= 11 is 0. The minimum atomic E-state index is -0.623. The lowest BCUT2D eigenvalue weighted by Gasteiger charge is -2.01. The van der Waals surface area contributed by atoms with Gasteiger partial charge >= 0.3 is 0 Å². The maximum absolute atomic E-state index is 12.8. The molecule has 1 saturated carbocycles. The van der Waals surface area contributed by atoms with Crippen molar-refractivity contribution in [2.45, 2.75) is 19.8 Å². The molecule has 0 bridgehead atoms. The first-order valence-electron chi connectivity index (χ1n) is 5.04. The molecule has 0 saturated heterocycles. The molecule has 3 heteroatoms. The Bertz CT molecular complexity index is 380. The predicted molar refractivity (Wildman–Crippen MR) is 52.3 cm³/mol. The van der Waals surface area contributed by atoms with Crippen LogP contribution in [-0.4, -0.2) is 5.78 Å². The molecular formula is C12H12F2O. The number of carbonyl (C=O) groups is 1. The average Bonchev–Trinajstić information content (AvgIpc) is 2.80. The highest BCUT2D eigenvalue weighted by Crippen LogP contribution is 2.39. The Morgan fingerprint density at radius 3 is 2.33 bits per heavy atom. The lowest BCUT2D eigenvalue weighted by molar-refractivity contribution is -0.119. The Morgan fingerprint density at radius 1 is 1.33 bits per heavy atom.